The lowest BCUT2D eigenvalue weighted by Crippen LogP contribution is -2.44. The van der Waals surface area contributed by atoms with Crippen LogP contribution in [0.3, 0.4) is 0 Å². The van der Waals surface area contributed by atoms with Gasteiger partial charge in [-0.2, -0.15) is 0 Å². The number of rotatable bonds is 5. The number of nitrogens with one attached hydrogen (secondary N) is 2. The van der Waals surface area contributed by atoms with Crippen LogP contribution in [0.2, 0.25) is 0 Å². The minimum Gasteiger partial charge on any atom is -0.396 e. The van der Waals surface area contributed by atoms with Gasteiger partial charge in [-0.3, -0.25) is 4.79 Å². The van der Waals surface area contributed by atoms with Gasteiger partial charge < -0.3 is 15.4 Å². The summed E-state index contributed by atoms with van der Waals surface area (Å²) < 4.78 is 0. The first kappa shape index (κ1) is 15.6. The van der Waals surface area contributed by atoms with Crippen LogP contribution < -0.4 is 5.32 Å². The van der Waals surface area contributed by atoms with E-state index in [0.29, 0.717) is 12.8 Å². The molecule has 0 aliphatic rings. The molecule has 1 aromatic carbocycles. The van der Waals surface area contributed by atoms with Gasteiger partial charge in [0.25, 0.3) is 0 Å². The Balaban J connectivity index is 2.07. The molecular formula is C17H24N2O2. The SMILES string of the molecule is CC(C)(C)C(CCO)NC(=O)Cc1c[nH]c2ccccc12. The first-order chi connectivity index (χ1) is 9.91. The fourth-order valence-corrected chi connectivity index (χ4v) is 2.55. The van der Waals surface area contributed by atoms with Crippen LogP contribution in [0.1, 0.15) is 32.8 Å². The summed E-state index contributed by atoms with van der Waals surface area (Å²) in [7, 11) is 0. The van der Waals surface area contributed by atoms with E-state index in [0.717, 1.165) is 16.5 Å². The lowest BCUT2D eigenvalue weighted by molar-refractivity contribution is -0.122. The molecule has 1 amide bonds. The molecule has 21 heavy (non-hydrogen) atoms. The zero-order valence-electron chi connectivity index (χ0n) is 12.9. The van der Waals surface area contributed by atoms with Gasteiger partial charge in [-0.05, 0) is 23.5 Å². The van der Waals surface area contributed by atoms with Crippen molar-refractivity contribution in [2.75, 3.05) is 6.61 Å². The number of aromatic nitrogens is 1. The van der Waals surface area contributed by atoms with Gasteiger partial charge in [-0.1, -0.05) is 39.0 Å². The molecule has 0 saturated carbocycles. The van der Waals surface area contributed by atoms with Crippen molar-refractivity contribution in [2.45, 2.75) is 39.7 Å². The molecule has 1 aromatic heterocycles. The number of carbonyl (C=O) groups is 1. The van der Waals surface area contributed by atoms with Gasteiger partial charge >= 0.3 is 0 Å². The minimum atomic E-state index is -0.0708. The Hall–Kier alpha value is -1.81. The molecule has 114 valence electrons. The highest BCUT2D eigenvalue weighted by Crippen LogP contribution is 2.22. The van der Waals surface area contributed by atoms with Gasteiger partial charge in [-0.25, -0.2) is 0 Å². The van der Waals surface area contributed by atoms with E-state index in [4.69, 9.17) is 5.11 Å². The van der Waals surface area contributed by atoms with Crippen molar-refractivity contribution in [3.63, 3.8) is 0 Å². The number of carbonyl (C=O) groups excluding carboxylic acids is 1. The van der Waals surface area contributed by atoms with E-state index < -0.39 is 0 Å². The van der Waals surface area contributed by atoms with Gasteiger partial charge in [0, 0.05) is 29.7 Å². The third kappa shape index (κ3) is 3.85. The molecule has 0 spiro atoms. The predicted molar refractivity (Wildman–Crippen MR) is 85.1 cm³/mol. The van der Waals surface area contributed by atoms with Crippen LogP contribution in [0.25, 0.3) is 10.9 Å². The van der Waals surface area contributed by atoms with Gasteiger partial charge in [0.1, 0.15) is 0 Å². The second kappa shape index (κ2) is 6.31. The van der Waals surface area contributed by atoms with E-state index in [9.17, 15) is 4.79 Å². The van der Waals surface area contributed by atoms with Crippen LogP contribution in [0.4, 0.5) is 0 Å². The fraction of sp³-hybridized carbons (Fsp3) is 0.471. The van der Waals surface area contributed by atoms with Crippen molar-refractivity contribution in [3.05, 3.63) is 36.0 Å². The summed E-state index contributed by atoms with van der Waals surface area (Å²) >= 11 is 0. The van der Waals surface area contributed by atoms with Crippen LogP contribution in [0.15, 0.2) is 30.5 Å². The number of H-pyrrole nitrogens is 1. The molecule has 2 rings (SSSR count). The highest BCUT2D eigenvalue weighted by Gasteiger charge is 2.25. The van der Waals surface area contributed by atoms with Gasteiger partial charge in [0.15, 0.2) is 0 Å². The maximum Gasteiger partial charge on any atom is 0.224 e. The van der Waals surface area contributed by atoms with Crippen LogP contribution in [-0.4, -0.2) is 28.6 Å². The Kier molecular flexibility index (Phi) is 4.68. The second-order valence-electron chi connectivity index (χ2n) is 6.53. The van der Waals surface area contributed by atoms with E-state index in [2.05, 4.69) is 31.1 Å². The van der Waals surface area contributed by atoms with Crippen molar-refractivity contribution in [1.29, 1.82) is 0 Å². The highest BCUT2D eigenvalue weighted by atomic mass is 16.3. The average molecular weight is 288 g/mol. The Bertz CT molecular complexity index is 611. The summed E-state index contributed by atoms with van der Waals surface area (Å²) in [5, 5.41) is 13.3. The van der Waals surface area contributed by atoms with Gasteiger partial charge in [0.05, 0.1) is 6.42 Å². The summed E-state index contributed by atoms with van der Waals surface area (Å²) in [6, 6.07) is 7.94. The zero-order valence-corrected chi connectivity index (χ0v) is 12.9. The standard InChI is InChI=1S/C17H24N2O2/c1-17(2,3)15(8-9-20)19-16(21)10-12-11-18-14-7-5-4-6-13(12)14/h4-7,11,15,18,20H,8-10H2,1-3H3,(H,19,21). The number of para-hydroxylation sites is 1. The molecule has 4 nitrogen and oxygen atoms in total. The number of hydrogen-bond donors (Lipinski definition) is 3. The Morgan fingerprint density at radius 1 is 1.33 bits per heavy atom. The van der Waals surface area contributed by atoms with Crippen molar-refractivity contribution in [1.82, 2.24) is 10.3 Å². The van der Waals surface area contributed by atoms with Gasteiger partial charge in [0.2, 0.25) is 5.91 Å². The van der Waals surface area contributed by atoms with E-state index in [1.165, 1.54) is 0 Å². The van der Waals surface area contributed by atoms with Gasteiger partial charge in [-0.15, -0.1) is 0 Å². The van der Waals surface area contributed by atoms with Crippen LogP contribution in [0.5, 0.6) is 0 Å². The number of amides is 1. The molecule has 3 N–H and O–H groups in total. The van der Waals surface area contributed by atoms with Crippen LogP contribution in [-0.2, 0) is 11.2 Å². The maximum atomic E-state index is 12.3. The molecule has 0 aliphatic carbocycles. The second-order valence-corrected chi connectivity index (χ2v) is 6.53. The quantitative estimate of drug-likeness (QED) is 0.792. The van der Waals surface area contributed by atoms with E-state index in [1.54, 1.807) is 0 Å². The van der Waals surface area contributed by atoms with E-state index >= 15 is 0 Å². The molecule has 2 aromatic rings. The van der Waals surface area contributed by atoms with Crippen LogP contribution in [0, 0.1) is 5.41 Å². The first-order valence-electron chi connectivity index (χ1n) is 7.37. The monoisotopic (exact) mass is 288 g/mol. The fourth-order valence-electron chi connectivity index (χ4n) is 2.55. The van der Waals surface area contributed by atoms with E-state index in [1.807, 2.05) is 30.5 Å². The first-order valence-corrected chi connectivity index (χ1v) is 7.37. The lowest BCUT2D eigenvalue weighted by Gasteiger charge is -2.31. The van der Waals surface area contributed by atoms with Crippen molar-refractivity contribution >= 4 is 16.8 Å². The van der Waals surface area contributed by atoms with Crippen LogP contribution >= 0.6 is 0 Å². The largest absolute Gasteiger partial charge is 0.396 e. The van der Waals surface area contributed by atoms with E-state index in [-0.39, 0.29) is 24.0 Å². The van der Waals surface area contributed by atoms with Crippen molar-refractivity contribution in [3.8, 4) is 0 Å². The molecule has 0 fully saturated rings. The smallest absolute Gasteiger partial charge is 0.224 e. The molecule has 1 unspecified atom stereocenters. The number of aliphatic hydroxyl groups excluding tert-OH is 1. The Morgan fingerprint density at radius 3 is 2.71 bits per heavy atom. The molecular weight excluding hydrogens is 264 g/mol. The predicted octanol–water partition coefficient (Wildman–Crippen LogP) is 2.62. The number of fused-ring (bicyclic) bond motifs is 1. The van der Waals surface area contributed by atoms with Crippen molar-refractivity contribution < 1.29 is 9.90 Å². The molecule has 1 heterocycles. The average Bonchev–Trinajstić information content (AvgIpc) is 2.81. The maximum absolute atomic E-state index is 12.3. The zero-order chi connectivity index (χ0) is 15.5. The lowest BCUT2D eigenvalue weighted by atomic mass is 9.85. The molecule has 1 atom stereocenters. The highest BCUT2D eigenvalue weighted by molar-refractivity contribution is 5.88. The topological polar surface area (TPSA) is 65.1 Å². The number of benzene rings is 1. The summed E-state index contributed by atoms with van der Waals surface area (Å²) in [6.45, 7) is 6.28. The number of hydrogen-bond acceptors (Lipinski definition) is 2. The normalized spacial score (nSPS) is 13.3. The Labute approximate surface area is 125 Å². The molecule has 4 heteroatoms. The third-order valence-electron chi connectivity index (χ3n) is 3.82. The number of aliphatic hydroxyl groups is 1. The third-order valence-corrected chi connectivity index (χ3v) is 3.82. The summed E-state index contributed by atoms with van der Waals surface area (Å²) in [5.74, 6) is -0.00636. The number of aromatic amines is 1. The minimum absolute atomic E-state index is 0.00636. The molecule has 0 bridgehead atoms. The summed E-state index contributed by atoms with van der Waals surface area (Å²) in [4.78, 5) is 15.5. The van der Waals surface area contributed by atoms with Crippen molar-refractivity contribution in [2.24, 2.45) is 5.41 Å². The Morgan fingerprint density at radius 2 is 2.05 bits per heavy atom. The molecule has 0 saturated heterocycles. The molecule has 0 aliphatic heterocycles. The molecule has 0 radical (unpaired) electrons. The summed E-state index contributed by atoms with van der Waals surface area (Å²) in [5.41, 5.74) is 1.97. The summed E-state index contributed by atoms with van der Waals surface area (Å²) in [6.07, 6.45) is 2.81.